The standard InChI is InChI=1S/C16H17FN4/c1-2-7-18-9-13-8-14(17)11-19-16(13)21-15-6-4-3-5-12(15)10-20-21/h3-6,8,10-11,18H,2,7,9H2,1H3. The van der Waals surface area contributed by atoms with E-state index < -0.39 is 0 Å². The summed E-state index contributed by atoms with van der Waals surface area (Å²) in [5.41, 5.74) is 1.77. The Morgan fingerprint density at radius 1 is 1.24 bits per heavy atom. The fourth-order valence-corrected chi connectivity index (χ4v) is 2.34. The molecule has 2 aromatic heterocycles. The van der Waals surface area contributed by atoms with Crippen molar-refractivity contribution < 1.29 is 4.39 Å². The van der Waals surface area contributed by atoms with E-state index in [0.717, 1.165) is 29.4 Å². The summed E-state index contributed by atoms with van der Waals surface area (Å²) < 4.78 is 15.3. The maximum atomic E-state index is 13.5. The monoisotopic (exact) mass is 284 g/mol. The van der Waals surface area contributed by atoms with Crippen LogP contribution in [0.2, 0.25) is 0 Å². The number of benzene rings is 1. The summed E-state index contributed by atoms with van der Waals surface area (Å²) in [5, 5.41) is 8.71. The lowest BCUT2D eigenvalue weighted by atomic mass is 10.2. The number of halogens is 1. The van der Waals surface area contributed by atoms with Crippen LogP contribution in [0.15, 0.2) is 42.7 Å². The molecule has 3 rings (SSSR count). The van der Waals surface area contributed by atoms with Crippen LogP contribution in [0.4, 0.5) is 4.39 Å². The Bertz CT molecular complexity index is 751. The third kappa shape index (κ3) is 2.78. The second-order valence-electron chi connectivity index (χ2n) is 4.93. The van der Waals surface area contributed by atoms with Crippen molar-refractivity contribution in [3.05, 3.63) is 54.1 Å². The third-order valence-corrected chi connectivity index (χ3v) is 3.33. The van der Waals surface area contributed by atoms with Crippen LogP contribution in [-0.2, 0) is 6.54 Å². The molecule has 0 aliphatic rings. The first-order valence-corrected chi connectivity index (χ1v) is 7.08. The number of hydrogen-bond acceptors (Lipinski definition) is 3. The van der Waals surface area contributed by atoms with Crippen molar-refractivity contribution >= 4 is 10.9 Å². The minimum atomic E-state index is -0.330. The molecule has 108 valence electrons. The van der Waals surface area contributed by atoms with Crippen LogP contribution in [-0.4, -0.2) is 21.3 Å². The molecule has 0 bridgehead atoms. The first-order valence-electron chi connectivity index (χ1n) is 7.08. The van der Waals surface area contributed by atoms with Gasteiger partial charge in [-0.3, -0.25) is 0 Å². The van der Waals surface area contributed by atoms with Crippen LogP contribution in [0.1, 0.15) is 18.9 Å². The molecule has 0 amide bonds. The number of nitrogens with one attached hydrogen (secondary N) is 1. The SMILES string of the molecule is CCCNCc1cc(F)cnc1-n1ncc2ccccc21. The summed E-state index contributed by atoms with van der Waals surface area (Å²) in [6, 6.07) is 9.42. The highest BCUT2D eigenvalue weighted by molar-refractivity contribution is 5.79. The van der Waals surface area contributed by atoms with Crippen LogP contribution < -0.4 is 5.32 Å². The van der Waals surface area contributed by atoms with Gasteiger partial charge < -0.3 is 5.32 Å². The normalized spacial score (nSPS) is 11.1. The lowest BCUT2D eigenvalue weighted by Crippen LogP contribution is -2.17. The van der Waals surface area contributed by atoms with Gasteiger partial charge in [-0.1, -0.05) is 25.1 Å². The maximum absolute atomic E-state index is 13.5. The van der Waals surface area contributed by atoms with E-state index in [0.29, 0.717) is 12.4 Å². The van der Waals surface area contributed by atoms with Gasteiger partial charge in [-0.2, -0.15) is 5.10 Å². The number of para-hydroxylation sites is 1. The molecule has 0 atom stereocenters. The second kappa shape index (κ2) is 6.01. The molecule has 0 fully saturated rings. The van der Waals surface area contributed by atoms with Gasteiger partial charge in [-0.15, -0.1) is 0 Å². The molecule has 3 aromatic rings. The molecule has 1 aromatic carbocycles. The van der Waals surface area contributed by atoms with Crippen molar-refractivity contribution in [3.8, 4) is 5.82 Å². The summed E-state index contributed by atoms with van der Waals surface area (Å²) >= 11 is 0. The zero-order chi connectivity index (χ0) is 14.7. The lowest BCUT2D eigenvalue weighted by molar-refractivity contribution is 0.607. The average Bonchev–Trinajstić information content (AvgIpc) is 2.92. The van der Waals surface area contributed by atoms with Gasteiger partial charge in [0.05, 0.1) is 17.9 Å². The van der Waals surface area contributed by atoms with E-state index in [1.54, 1.807) is 10.9 Å². The minimum Gasteiger partial charge on any atom is -0.313 e. The van der Waals surface area contributed by atoms with Gasteiger partial charge in [0.15, 0.2) is 5.82 Å². The van der Waals surface area contributed by atoms with Gasteiger partial charge >= 0.3 is 0 Å². The van der Waals surface area contributed by atoms with Gasteiger partial charge in [-0.05, 0) is 25.1 Å². The van der Waals surface area contributed by atoms with Crippen LogP contribution in [0, 0.1) is 5.82 Å². The molecule has 4 nitrogen and oxygen atoms in total. The average molecular weight is 284 g/mol. The summed E-state index contributed by atoms with van der Waals surface area (Å²) in [4.78, 5) is 4.24. The van der Waals surface area contributed by atoms with Crippen LogP contribution in [0.3, 0.4) is 0 Å². The number of rotatable bonds is 5. The molecular weight excluding hydrogens is 267 g/mol. The van der Waals surface area contributed by atoms with E-state index in [2.05, 4.69) is 22.3 Å². The van der Waals surface area contributed by atoms with E-state index in [4.69, 9.17) is 0 Å². The molecule has 0 saturated heterocycles. The number of nitrogens with zero attached hydrogens (tertiary/aromatic N) is 3. The van der Waals surface area contributed by atoms with Crippen molar-refractivity contribution in [3.63, 3.8) is 0 Å². The summed E-state index contributed by atoms with van der Waals surface area (Å²) in [6.07, 6.45) is 4.06. The highest BCUT2D eigenvalue weighted by atomic mass is 19.1. The van der Waals surface area contributed by atoms with Crippen molar-refractivity contribution in [2.45, 2.75) is 19.9 Å². The molecule has 2 heterocycles. The quantitative estimate of drug-likeness (QED) is 0.732. The molecule has 0 unspecified atom stereocenters. The molecule has 21 heavy (non-hydrogen) atoms. The fraction of sp³-hybridized carbons (Fsp3) is 0.250. The van der Waals surface area contributed by atoms with Crippen molar-refractivity contribution in [2.75, 3.05) is 6.54 Å². The smallest absolute Gasteiger partial charge is 0.158 e. The highest BCUT2D eigenvalue weighted by Gasteiger charge is 2.11. The molecule has 0 aliphatic heterocycles. The zero-order valence-electron chi connectivity index (χ0n) is 11.9. The Labute approximate surface area is 122 Å². The first-order chi connectivity index (χ1) is 10.3. The van der Waals surface area contributed by atoms with Gasteiger partial charge in [0.2, 0.25) is 0 Å². The summed E-state index contributed by atoms with van der Waals surface area (Å²) in [5.74, 6) is 0.338. The van der Waals surface area contributed by atoms with E-state index in [9.17, 15) is 4.39 Å². The summed E-state index contributed by atoms with van der Waals surface area (Å²) in [7, 11) is 0. The van der Waals surface area contributed by atoms with Crippen molar-refractivity contribution in [1.82, 2.24) is 20.1 Å². The molecule has 5 heteroatoms. The molecule has 1 N–H and O–H groups in total. The van der Waals surface area contributed by atoms with Crippen molar-refractivity contribution in [1.29, 1.82) is 0 Å². The van der Waals surface area contributed by atoms with Gasteiger partial charge in [0, 0.05) is 17.5 Å². The number of fused-ring (bicyclic) bond motifs is 1. The van der Waals surface area contributed by atoms with E-state index in [-0.39, 0.29) is 5.82 Å². The van der Waals surface area contributed by atoms with E-state index in [1.165, 1.54) is 12.3 Å². The Morgan fingerprint density at radius 3 is 2.95 bits per heavy atom. The van der Waals surface area contributed by atoms with E-state index >= 15 is 0 Å². The highest BCUT2D eigenvalue weighted by Crippen LogP contribution is 2.19. The molecule has 0 saturated carbocycles. The molecule has 0 spiro atoms. The number of hydrogen-bond donors (Lipinski definition) is 1. The van der Waals surface area contributed by atoms with Gasteiger partial charge in [0.1, 0.15) is 5.82 Å². The van der Waals surface area contributed by atoms with Crippen LogP contribution >= 0.6 is 0 Å². The van der Waals surface area contributed by atoms with Gasteiger partial charge in [-0.25, -0.2) is 14.1 Å². The summed E-state index contributed by atoms with van der Waals surface area (Å²) in [6.45, 7) is 3.55. The van der Waals surface area contributed by atoms with Crippen molar-refractivity contribution in [2.24, 2.45) is 0 Å². The molecule has 0 radical (unpaired) electrons. The first kappa shape index (κ1) is 13.7. The molecule has 0 aliphatic carbocycles. The zero-order valence-corrected chi connectivity index (χ0v) is 11.9. The predicted molar refractivity (Wildman–Crippen MR) is 80.8 cm³/mol. The molecular formula is C16H17FN4. The predicted octanol–water partition coefficient (Wildman–Crippen LogP) is 3.06. The maximum Gasteiger partial charge on any atom is 0.158 e. The third-order valence-electron chi connectivity index (χ3n) is 3.33. The fourth-order valence-electron chi connectivity index (χ4n) is 2.34. The minimum absolute atomic E-state index is 0.330. The van der Waals surface area contributed by atoms with Crippen LogP contribution in [0.5, 0.6) is 0 Å². The Balaban J connectivity index is 2.04. The Kier molecular flexibility index (Phi) is 3.92. The largest absolute Gasteiger partial charge is 0.313 e. The van der Waals surface area contributed by atoms with Gasteiger partial charge in [0.25, 0.3) is 0 Å². The Morgan fingerprint density at radius 2 is 2.10 bits per heavy atom. The lowest BCUT2D eigenvalue weighted by Gasteiger charge is -2.10. The Hall–Kier alpha value is -2.27. The topological polar surface area (TPSA) is 42.7 Å². The number of aromatic nitrogens is 3. The van der Waals surface area contributed by atoms with E-state index in [1.807, 2.05) is 24.3 Å². The van der Waals surface area contributed by atoms with Crippen LogP contribution in [0.25, 0.3) is 16.7 Å². The second-order valence-corrected chi connectivity index (χ2v) is 4.93. The number of pyridine rings is 1.